The molecule has 0 saturated heterocycles. The molecule has 4 heterocycles. The molecular weight excluding hydrogens is 569 g/mol. The lowest BCUT2D eigenvalue weighted by atomic mass is 9.97. The zero-order chi connectivity index (χ0) is 29.7. The molecule has 4 nitrogen and oxygen atoms in total. The van der Waals surface area contributed by atoms with Crippen molar-refractivity contribution in [3.8, 4) is 45.3 Å². The number of thiophene rings is 1. The Bertz CT molecular complexity index is 2460. The Hall–Kier alpha value is -5.78. The van der Waals surface area contributed by atoms with Gasteiger partial charge in [-0.2, -0.15) is 0 Å². The molecule has 0 bridgehead atoms. The third kappa shape index (κ3) is 4.36. The van der Waals surface area contributed by atoms with Gasteiger partial charge in [0.05, 0.1) is 28.3 Å². The average molecular weight is 593 g/mol. The first kappa shape index (κ1) is 25.7. The third-order valence-electron chi connectivity index (χ3n) is 8.35. The van der Waals surface area contributed by atoms with Crippen molar-refractivity contribution in [2.45, 2.75) is 0 Å². The number of pyridine rings is 2. The van der Waals surface area contributed by atoms with Crippen molar-refractivity contribution in [3.05, 3.63) is 146 Å². The maximum absolute atomic E-state index is 5.22. The molecule has 210 valence electrons. The number of aromatic nitrogens is 4. The van der Waals surface area contributed by atoms with Gasteiger partial charge in [0.2, 0.25) is 0 Å². The highest BCUT2D eigenvalue weighted by atomic mass is 32.1. The van der Waals surface area contributed by atoms with Crippen LogP contribution in [0.15, 0.2) is 146 Å². The van der Waals surface area contributed by atoms with Gasteiger partial charge in [-0.3, -0.25) is 4.98 Å². The molecule has 0 spiro atoms. The molecule has 0 atom stereocenters. The van der Waals surface area contributed by atoms with E-state index < -0.39 is 0 Å². The van der Waals surface area contributed by atoms with Crippen LogP contribution in [-0.4, -0.2) is 19.9 Å². The lowest BCUT2D eigenvalue weighted by molar-refractivity contribution is 1.16. The zero-order valence-corrected chi connectivity index (χ0v) is 24.9. The summed E-state index contributed by atoms with van der Waals surface area (Å²) >= 11 is 1.86. The Morgan fingerprint density at radius 3 is 2.00 bits per heavy atom. The lowest BCUT2D eigenvalue weighted by Gasteiger charge is -2.12. The molecule has 0 amide bonds. The van der Waals surface area contributed by atoms with E-state index in [1.807, 2.05) is 65.9 Å². The predicted octanol–water partition coefficient (Wildman–Crippen LogP) is 10.6. The van der Waals surface area contributed by atoms with E-state index in [1.54, 1.807) is 6.20 Å². The zero-order valence-electron chi connectivity index (χ0n) is 24.1. The van der Waals surface area contributed by atoms with E-state index in [0.717, 1.165) is 50.4 Å². The predicted molar refractivity (Wildman–Crippen MR) is 187 cm³/mol. The maximum Gasteiger partial charge on any atom is 0.160 e. The molecule has 5 heteroatoms. The Morgan fingerprint density at radius 2 is 1.16 bits per heavy atom. The molecule has 5 aromatic carbocycles. The summed E-state index contributed by atoms with van der Waals surface area (Å²) in [7, 11) is 0. The fraction of sp³-hybridized carbons (Fsp3) is 0. The van der Waals surface area contributed by atoms with Crippen molar-refractivity contribution in [2.24, 2.45) is 0 Å². The summed E-state index contributed by atoms with van der Waals surface area (Å²) in [4.78, 5) is 19.7. The molecule has 0 radical (unpaired) electrons. The van der Waals surface area contributed by atoms with Crippen LogP contribution in [0.4, 0.5) is 0 Å². The van der Waals surface area contributed by atoms with Crippen LogP contribution >= 0.6 is 11.3 Å². The van der Waals surface area contributed by atoms with Crippen LogP contribution in [0.3, 0.4) is 0 Å². The Kier molecular flexibility index (Phi) is 5.96. The number of hydrogen-bond acceptors (Lipinski definition) is 5. The summed E-state index contributed by atoms with van der Waals surface area (Å²) in [6.45, 7) is 0. The SMILES string of the molecule is c1ccc(-c2nc(-c3ccc(-c4nc5ccccc5c5c4ccc4c6ccccc6sc45)cc3)cc(-c3ccccn3)n2)cc1. The van der Waals surface area contributed by atoms with Gasteiger partial charge in [0.1, 0.15) is 0 Å². The van der Waals surface area contributed by atoms with Gasteiger partial charge in [-0.15, -0.1) is 11.3 Å². The number of benzene rings is 5. The van der Waals surface area contributed by atoms with Gasteiger partial charge in [0.25, 0.3) is 0 Å². The molecule has 0 saturated carbocycles. The Labute approximate surface area is 263 Å². The van der Waals surface area contributed by atoms with E-state index in [2.05, 4.69) is 89.9 Å². The van der Waals surface area contributed by atoms with E-state index in [-0.39, 0.29) is 0 Å². The minimum Gasteiger partial charge on any atom is -0.255 e. The molecule has 0 aliphatic rings. The van der Waals surface area contributed by atoms with Crippen LogP contribution in [-0.2, 0) is 0 Å². The van der Waals surface area contributed by atoms with Gasteiger partial charge in [-0.05, 0) is 30.3 Å². The fourth-order valence-corrected chi connectivity index (χ4v) is 7.46. The largest absolute Gasteiger partial charge is 0.255 e. The van der Waals surface area contributed by atoms with Crippen molar-refractivity contribution in [1.82, 2.24) is 19.9 Å². The highest BCUT2D eigenvalue weighted by Crippen LogP contribution is 2.43. The number of rotatable bonds is 4. The number of fused-ring (bicyclic) bond motifs is 7. The summed E-state index contributed by atoms with van der Waals surface area (Å²) < 4.78 is 2.61. The van der Waals surface area contributed by atoms with Crippen molar-refractivity contribution in [1.29, 1.82) is 0 Å². The van der Waals surface area contributed by atoms with E-state index in [4.69, 9.17) is 15.0 Å². The van der Waals surface area contributed by atoms with E-state index >= 15 is 0 Å². The molecule has 0 fully saturated rings. The van der Waals surface area contributed by atoms with E-state index in [1.165, 1.54) is 30.9 Å². The molecule has 0 aliphatic heterocycles. The molecule has 0 aliphatic carbocycles. The smallest absolute Gasteiger partial charge is 0.160 e. The third-order valence-corrected chi connectivity index (χ3v) is 9.55. The number of hydrogen-bond donors (Lipinski definition) is 0. The van der Waals surface area contributed by atoms with Gasteiger partial charge in [-0.1, -0.05) is 109 Å². The number of nitrogens with zero attached hydrogens (tertiary/aromatic N) is 4. The van der Waals surface area contributed by atoms with Crippen LogP contribution in [0, 0.1) is 0 Å². The fourth-order valence-electron chi connectivity index (χ4n) is 6.19. The normalized spacial score (nSPS) is 11.6. The van der Waals surface area contributed by atoms with Crippen LogP contribution < -0.4 is 0 Å². The standard InChI is InChI=1S/C40H24N4S/c1-2-10-27(11-3-1)40-43-34(24-35(44-40)33-15-8-9-23-41-33)25-17-19-26(20-18-25)38-31-22-21-29-28-12-5-7-16-36(28)45-39(29)37(31)30-13-4-6-14-32(30)42-38/h1-24H. The van der Waals surface area contributed by atoms with Crippen LogP contribution in [0.5, 0.6) is 0 Å². The summed E-state index contributed by atoms with van der Waals surface area (Å²) in [5, 5.41) is 6.20. The number of para-hydroxylation sites is 1. The van der Waals surface area contributed by atoms with Crippen molar-refractivity contribution < 1.29 is 0 Å². The van der Waals surface area contributed by atoms with Crippen LogP contribution in [0.2, 0.25) is 0 Å². The van der Waals surface area contributed by atoms with Gasteiger partial charge < -0.3 is 0 Å². The van der Waals surface area contributed by atoms with Crippen molar-refractivity contribution in [2.75, 3.05) is 0 Å². The van der Waals surface area contributed by atoms with Crippen molar-refractivity contribution in [3.63, 3.8) is 0 Å². The minimum atomic E-state index is 0.673. The summed E-state index contributed by atoms with van der Waals surface area (Å²) in [6, 6.07) is 48.2. The summed E-state index contributed by atoms with van der Waals surface area (Å²) in [5.41, 5.74) is 7.47. The average Bonchev–Trinajstić information content (AvgIpc) is 3.51. The van der Waals surface area contributed by atoms with E-state index in [9.17, 15) is 0 Å². The molecule has 9 aromatic rings. The summed E-state index contributed by atoms with van der Waals surface area (Å²) in [6.07, 6.45) is 1.79. The van der Waals surface area contributed by atoms with E-state index in [0.29, 0.717) is 5.82 Å². The van der Waals surface area contributed by atoms with Crippen molar-refractivity contribution >= 4 is 53.2 Å². The molecule has 4 aromatic heterocycles. The molecular formula is C40H24N4S. The first-order chi connectivity index (χ1) is 22.3. The molecule has 9 rings (SSSR count). The molecule has 0 unspecified atom stereocenters. The quantitative estimate of drug-likeness (QED) is 0.191. The first-order valence-corrected chi connectivity index (χ1v) is 15.7. The minimum absolute atomic E-state index is 0.673. The topological polar surface area (TPSA) is 51.6 Å². The molecule has 45 heavy (non-hydrogen) atoms. The monoisotopic (exact) mass is 592 g/mol. The van der Waals surface area contributed by atoms with Crippen LogP contribution in [0.25, 0.3) is 87.1 Å². The highest BCUT2D eigenvalue weighted by Gasteiger charge is 2.17. The van der Waals surface area contributed by atoms with Gasteiger partial charge in [0.15, 0.2) is 5.82 Å². The van der Waals surface area contributed by atoms with Gasteiger partial charge in [-0.25, -0.2) is 15.0 Å². The second kappa shape index (κ2) is 10.4. The lowest BCUT2D eigenvalue weighted by Crippen LogP contribution is -1.97. The Balaban J connectivity index is 1.21. The summed E-state index contributed by atoms with van der Waals surface area (Å²) in [5.74, 6) is 0.673. The van der Waals surface area contributed by atoms with Crippen LogP contribution in [0.1, 0.15) is 0 Å². The first-order valence-electron chi connectivity index (χ1n) is 14.9. The second-order valence-electron chi connectivity index (χ2n) is 11.1. The van der Waals surface area contributed by atoms with Gasteiger partial charge >= 0.3 is 0 Å². The second-order valence-corrected chi connectivity index (χ2v) is 12.1. The molecule has 0 N–H and O–H groups in total. The van der Waals surface area contributed by atoms with Gasteiger partial charge in [0, 0.05) is 59.2 Å². The maximum atomic E-state index is 5.22. The Morgan fingerprint density at radius 1 is 0.444 bits per heavy atom. The highest BCUT2D eigenvalue weighted by molar-refractivity contribution is 7.26.